The lowest BCUT2D eigenvalue weighted by Gasteiger charge is -2.12. The van der Waals surface area contributed by atoms with Crippen LogP contribution in [-0.2, 0) is 23.0 Å². The highest BCUT2D eigenvalue weighted by molar-refractivity contribution is 14.2. The van der Waals surface area contributed by atoms with E-state index >= 15 is 0 Å². The highest BCUT2D eigenvalue weighted by Gasteiger charge is 2.48. The number of non-ortho nitro benzene ring substituents is 1. The smallest absolute Gasteiger partial charge is 0.258 e. The van der Waals surface area contributed by atoms with Gasteiger partial charge in [0.25, 0.3) is 5.69 Å². The van der Waals surface area contributed by atoms with E-state index in [9.17, 15) is 40.1 Å². The molecule has 130 valence electrons. The molecule has 0 fully saturated rings. The van der Waals surface area contributed by atoms with Crippen LogP contribution in [0.25, 0.3) is 0 Å². The molecule has 0 aliphatic carbocycles. The Morgan fingerprint density at radius 2 is 1.65 bits per heavy atom. The summed E-state index contributed by atoms with van der Waals surface area (Å²) in [4.78, 5) is 6.49. The van der Waals surface area contributed by atoms with Crippen LogP contribution >= 0.6 is 37.4 Å². The number of hydrogen-bond donors (Lipinski definition) is 0. The number of hydrogen-bond acceptors (Lipinski definition) is 8. The molecule has 0 amide bonds. The zero-order valence-electron chi connectivity index (χ0n) is 10.3. The Labute approximate surface area is 145 Å². The summed E-state index contributed by atoms with van der Waals surface area (Å²) in [5.74, 6) is 0. The standard InChI is InChI=1S/C7H4F3INO7PS3/c8-7(9,10)23(17,18)21-20(11)19-22(15,16)6-3-1-5(2-4-6)12(13)14/h1-4H. The van der Waals surface area contributed by atoms with Gasteiger partial charge in [0, 0.05) is 22.5 Å². The molecule has 1 aromatic carbocycles. The van der Waals surface area contributed by atoms with Crippen molar-refractivity contribution in [2.75, 3.05) is 0 Å². The molecule has 0 aromatic heterocycles. The normalized spacial score (nSPS) is 14.4. The van der Waals surface area contributed by atoms with E-state index in [2.05, 4.69) is 3.97 Å². The van der Waals surface area contributed by atoms with E-state index in [1.807, 2.05) is 0 Å². The van der Waals surface area contributed by atoms with Gasteiger partial charge < -0.3 is 0 Å². The molecule has 1 aromatic rings. The lowest BCUT2D eigenvalue weighted by Crippen LogP contribution is -2.18. The average molecular weight is 525 g/mol. The van der Waals surface area contributed by atoms with Crippen LogP contribution in [0.1, 0.15) is 0 Å². The number of halogens is 4. The van der Waals surface area contributed by atoms with Crippen LogP contribution in [0.2, 0.25) is 0 Å². The number of benzene rings is 1. The molecule has 1 unspecified atom stereocenters. The fourth-order valence-electron chi connectivity index (χ4n) is 0.987. The fourth-order valence-corrected chi connectivity index (χ4v) is 14.9. The topological polar surface area (TPSA) is 121 Å². The molecule has 0 bridgehead atoms. The van der Waals surface area contributed by atoms with Crippen LogP contribution in [0.5, 0.6) is 0 Å². The summed E-state index contributed by atoms with van der Waals surface area (Å²) in [6.45, 7) is 0. The van der Waals surface area contributed by atoms with Crippen LogP contribution < -0.4 is 0 Å². The minimum absolute atomic E-state index is 0.408. The Kier molecular flexibility index (Phi) is 6.65. The predicted octanol–water partition coefficient (Wildman–Crippen LogP) is 3.54. The quantitative estimate of drug-likeness (QED) is 0.182. The third-order valence-corrected chi connectivity index (χ3v) is 15.6. The molecule has 16 heteroatoms. The second kappa shape index (κ2) is 7.35. The van der Waals surface area contributed by atoms with Crippen molar-refractivity contribution in [3.8, 4) is 0 Å². The van der Waals surface area contributed by atoms with E-state index in [-0.39, 0.29) is 0 Å². The number of nitro groups is 1. The molecule has 0 aliphatic heterocycles. The predicted molar refractivity (Wildman–Crippen MR) is 84.9 cm³/mol. The Balaban J connectivity index is 2.92. The van der Waals surface area contributed by atoms with E-state index < -0.39 is 55.4 Å². The summed E-state index contributed by atoms with van der Waals surface area (Å²) in [7, 11) is -10.9. The Morgan fingerprint density at radius 3 is 2.04 bits per heavy atom. The zero-order chi connectivity index (χ0) is 18.1. The van der Waals surface area contributed by atoms with Crippen LogP contribution in [-0.4, -0.2) is 27.3 Å². The molecular weight excluding hydrogens is 521 g/mol. The first kappa shape index (κ1) is 20.8. The average Bonchev–Trinajstić information content (AvgIpc) is 2.35. The lowest BCUT2D eigenvalue weighted by atomic mass is 10.3. The Hall–Kier alpha value is -0.220. The number of alkyl halides is 3. The molecule has 0 radical (unpaired) electrons. The largest absolute Gasteiger partial charge is 0.507 e. The summed E-state index contributed by atoms with van der Waals surface area (Å²) >= 11 is 1.12. The minimum atomic E-state index is -5.61. The summed E-state index contributed by atoms with van der Waals surface area (Å²) in [5, 5.41) is 10.4. The third kappa shape index (κ3) is 5.67. The molecule has 0 saturated carbocycles. The van der Waals surface area contributed by atoms with Crippen LogP contribution in [0, 0.1) is 10.1 Å². The maximum absolute atomic E-state index is 12.2. The van der Waals surface area contributed by atoms with Crippen molar-refractivity contribution in [2.24, 2.45) is 0 Å². The van der Waals surface area contributed by atoms with E-state index in [4.69, 9.17) is 0 Å². The molecule has 23 heavy (non-hydrogen) atoms. The second-order valence-corrected chi connectivity index (χ2v) is 16.1. The van der Waals surface area contributed by atoms with Gasteiger partial charge in [0.2, 0.25) is 0 Å². The summed E-state index contributed by atoms with van der Waals surface area (Å²) in [5.41, 5.74) is -5.96. The van der Waals surface area contributed by atoms with Gasteiger partial charge in [-0.15, -0.1) is 0 Å². The molecule has 1 rings (SSSR count). The third-order valence-electron chi connectivity index (χ3n) is 1.93. The van der Waals surface area contributed by atoms with Crippen LogP contribution in [0.15, 0.2) is 29.2 Å². The van der Waals surface area contributed by atoms with Gasteiger partial charge >= 0.3 is 24.5 Å². The summed E-state index contributed by atoms with van der Waals surface area (Å²) in [6, 6.07) is 3.34. The van der Waals surface area contributed by atoms with Crippen molar-refractivity contribution in [2.45, 2.75) is 10.4 Å². The van der Waals surface area contributed by atoms with Gasteiger partial charge in [-0.05, 0) is 34.2 Å². The molecular formula is C7H4F3INO7PS3. The van der Waals surface area contributed by atoms with Crippen molar-refractivity contribution in [3.63, 3.8) is 0 Å². The number of nitro benzene ring substituents is 1. The highest BCUT2D eigenvalue weighted by atomic mass is 127. The van der Waals surface area contributed by atoms with Gasteiger partial charge in [-0.2, -0.15) is 21.6 Å². The Bertz CT molecular complexity index is 796. The van der Waals surface area contributed by atoms with Gasteiger partial charge in [-0.25, -0.2) is 12.4 Å². The van der Waals surface area contributed by atoms with E-state index in [0.29, 0.717) is 0 Å². The van der Waals surface area contributed by atoms with E-state index in [1.165, 1.54) is 0 Å². The molecule has 0 aliphatic rings. The summed E-state index contributed by atoms with van der Waals surface area (Å²) < 4.78 is 86.4. The van der Waals surface area contributed by atoms with Gasteiger partial charge in [-0.3, -0.25) is 10.1 Å². The first-order valence-corrected chi connectivity index (χ1v) is 13.8. The first-order chi connectivity index (χ1) is 10.3. The SMILES string of the molecule is O=[N+]([O-])c1ccc(S(=O)(=O)OP(I)SS(=O)(=O)C(F)(F)F)cc1. The van der Waals surface area contributed by atoms with Crippen molar-refractivity contribution in [3.05, 3.63) is 34.4 Å². The monoisotopic (exact) mass is 525 g/mol. The second-order valence-electron chi connectivity index (χ2n) is 3.47. The van der Waals surface area contributed by atoms with Crippen molar-refractivity contribution in [1.29, 1.82) is 0 Å². The van der Waals surface area contributed by atoms with Gasteiger partial charge in [0.05, 0.1) is 9.82 Å². The molecule has 0 heterocycles. The van der Waals surface area contributed by atoms with Crippen LogP contribution in [0.3, 0.4) is 0 Å². The number of rotatable bonds is 6. The Morgan fingerprint density at radius 1 is 1.17 bits per heavy atom. The maximum Gasteiger partial charge on any atom is 0.507 e. The van der Waals surface area contributed by atoms with Crippen molar-refractivity contribution < 1.29 is 38.9 Å². The van der Waals surface area contributed by atoms with Gasteiger partial charge in [0.1, 0.15) is 0 Å². The maximum atomic E-state index is 12.2. The van der Waals surface area contributed by atoms with Crippen molar-refractivity contribution >= 4 is 62.1 Å². The molecule has 8 nitrogen and oxygen atoms in total. The van der Waals surface area contributed by atoms with Gasteiger partial charge in [-0.1, -0.05) is 0 Å². The molecule has 1 atom stereocenters. The summed E-state index contributed by atoms with van der Waals surface area (Å²) in [6.07, 6.45) is 0. The fraction of sp³-hybridized carbons (Fsp3) is 0.143. The van der Waals surface area contributed by atoms with E-state index in [1.54, 1.807) is 0 Å². The lowest BCUT2D eigenvalue weighted by molar-refractivity contribution is -0.384. The van der Waals surface area contributed by atoms with Crippen molar-refractivity contribution in [1.82, 2.24) is 0 Å². The van der Waals surface area contributed by atoms with E-state index in [0.717, 1.165) is 46.3 Å². The number of nitrogens with zero attached hydrogens (tertiary/aromatic N) is 1. The highest BCUT2D eigenvalue weighted by Crippen LogP contribution is 2.64. The zero-order valence-corrected chi connectivity index (χ0v) is 15.8. The van der Waals surface area contributed by atoms with Gasteiger partial charge in [0.15, 0.2) is 4.99 Å². The molecule has 0 N–H and O–H groups in total. The minimum Gasteiger partial charge on any atom is -0.258 e. The molecule has 0 saturated heterocycles. The molecule has 0 spiro atoms. The van der Waals surface area contributed by atoms with Crippen LogP contribution in [0.4, 0.5) is 18.9 Å². The first-order valence-electron chi connectivity index (χ1n) is 4.92.